The number of carbonyl (C=O) groups excluding carboxylic acids is 2. The smallest absolute Gasteiger partial charge is 0.265 e. The number of ether oxygens (including phenoxy) is 2. The van der Waals surface area contributed by atoms with E-state index in [1.165, 1.54) is 25.6 Å². The highest BCUT2D eigenvalue weighted by Gasteiger charge is 2.18. The Labute approximate surface area is 188 Å². The second kappa shape index (κ2) is 9.43. The third-order valence-corrected chi connectivity index (χ3v) is 5.83. The van der Waals surface area contributed by atoms with Crippen molar-refractivity contribution in [2.45, 2.75) is 0 Å². The molecule has 0 spiro atoms. The van der Waals surface area contributed by atoms with Crippen molar-refractivity contribution in [3.63, 3.8) is 0 Å². The molecule has 3 aromatic rings. The summed E-state index contributed by atoms with van der Waals surface area (Å²) in [6.45, 7) is 0. The highest BCUT2D eigenvalue weighted by atomic mass is 79.9. The van der Waals surface area contributed by atoms with Crippen LogP contribution in [0.1, 0.15) is 20.0 Å². The van der Waals surface area contributed by atoms with Gasteiger partial charge >= 0.3 is 0 Å². The van der Waals surface area contributed by atoms with Crippen LogP contribution in [-0.4, -0.2) is 26.0 Å². The molecule has 0 atom stereocenters. The van der Waals surface area contributed by atoms with E-state index in [9.17, 15) is 9.59 Å². The Hall–Kier alpha value is -2.36. The van der Waals surface area contributed by atoms with Gasteiger partial charge in [-0.05, 0) is 51.6 Å². The summed E-state index contributed by atoms with van der Waals surface area (Å²) in [5.74, 6) is 0.285. The van der Waals surface area contributed by atoms with Crippen LogP contribution in [0, 0.1) is 0 Å². The molecule has 2 aromatic carbocycles. The van der Waals surface area contributed by atoms with Gasteiger partial charge in [0.1, 0.15) is 11.5 Å². The summed E-state index contributed by atoms with van der Waals surface area (Å²) in [4.78, 5) is 25.6. The van der Waals surface area contributed by atoms with Crippen LogP contribution >= 0.6 is 43.2 Å². The fraction of sp³-hybridized carbons (Fsp3) is 0.100. The van der Waals surface area contributed by atoms with Gasteiger partial charge in [0.2, 0.25) is 0 Å². The maximum absolute atomic E-state index is 12.8. The van der Waals surface area contributed by atoms with Gasteiger partial charge < -0.3 is 20.1 Å². The SMILES string of the molecule is COc1cc(NC(=O)c2cc(Br)cc(Br)c2OC)ccc1NC(=O)c1cccs1. The number of thiophene rings is 1. The number of benzene rings is 2. The topological polar surface area (TPSA) is 76.7 Å². The lowest BCUT2D eigenvalue weighted by Gasteiger charge is -2.14. The Bertz CT molecular complexity index is 1050. The summed E-state index contributed by atoms with van der Waals surface area (Å²) in [6, 6.07) is 12.0. The van der Waals surface area contributed by atoms with E-state index in [0.717, 1.165) is 4.47 Å². The zero-order valence-corrected chi connectivity index (χ0v) is 19.4. The van der Waals surface area contributed by atoms with Gasteiger partial charge in [-0.15, -0.1) is 11.3 Å². The first-order valence-electron chi connectivity index (χ1n) is 8.30. The van der Waals surface area contributed by atoms with E-state index in [4.69, 9.17) is 9.47 Å². The number of nitrogens with one attached hydrogen (secondary N) is 2. The molecular formula is C20H16Br2N2O4S. The number of hydrogen-bond donors (Lipinski definition) is 2. The van der Waals surface area contributed by atoms with Crippen molar-refractivity contribution in [2.75, 3.05) is 24.9 Å². The van der Waals surface area contributed by atoms with E-state index in [2.05, 4.69) is 42.5 Å². The lowest BCUT2D eigenvalue weighted by atomic mass is 10.1. The van der Waals surface area contributed by atoms with Crippen LogP contribution in [0.15, 0.2) is 56.8 Å². The normalized spacial score (nSPS) is 10.3. The summed E-state index contributed by atoms with van der Waals surface area (Å²) in [5, 5.41) is 7.46. The van der Waals surface area contributed by atoms with Crippen LogP contribution in [0.3, 0.4) is 0 Å². The van der Waals surface area contributed by atoms with Crippen LogP contribution in [0.2, 0.25) is 0 Å². The molecule has 0 aliphatic rings. The summed E-state index contributed by atoms with van der Waals surface area (Å²) < 4.78 is 12.1. The first-order valence-corrected chi connectivity index (χ1v) is 10.8. The Balaban J connectivity index is 1.82. The Kier molecular flexibility index (Phi) is 6.94. The molecule has 2 amide bonds. The van der Waals surface area contributed by atoms with E-state index in [1.807, 2.05) is 11.4 Å². The monoisotopic (exact) mass is 538 g/mol. The van der Waals surface area contributed by atoms with Gasteiger partial charge in [-0.25, -0.2) is 0 Å². The van der Waals surface area contributed by atoms with Gasteiger partial charge in [0.05, 0.1) is 34.8 Å². The number of hydrogen-bond acceptors (Lipinski definition) is 5. The molecule has 0 fully saturated rings. The van der Waals surface area contributed by atoms with Crippen LogP contribution in [0.5, 0.6) is 11.5 Å². The minimum Gasteiger partial charge on any atom is -0.495 e. The summed E-state index contributed by atoms with van der Waals surface area (Å²) in [5.41, 5.74) is 1.38. The van der Waals surface area contributed by atoms with E-state index in [0.29, 0.717) is 37.8 Å². The van der Waals surface area contributed by atoms with E-state index in [-0.39, 0.29) is 11.8 Å². The van der Waals surface area contributed by atoms with Gasteiger partial charge in [0, 0.05) is 16.2 Å². The maximum Gasteiger partial charge on any atom is 0.265 e. The van der Waals surface area contributed by atoms with Crippen molar-refractivity contribution < 1.29 is 19.1 Å². The fourth-order valence-electron chi connectivity index (χ4n) is 2.60. The van der Waals surface area contributed by atoms with Crippen LogP contribution in [0.25, 0.3) is 0 Å². The quantitative estimate of drug-likeness (QED) is 0.415. The molecule has 2 N–H and O–H groups in total. The number of rotatable bonds is 6. The Morgan fingerprint density at radius 2 is 1.76 bits per heavy atom. The molecule has 0 radical (unpaired) electrons. The molecule has 0 unspecified atom stereocenters. The van der Waals surface area contributed by atoms with Gasteiger partial charge in [-0.2, -0.15) is 0 Å². The standard InChI is InChI=1S/C20H16Br2N2O4S/c1-27-16-10-12(5-6-15(16)24-20(26)17-4-3-7-29-17)23-19(25)13-8-11(21)9-14(22)18(13)28-2/h3-10H,1-2H3,(H,23,25)(H,24,26). The van der Waals surface area contributed by atoms with Crippen LogP contribution < -0.4 is 20.1 Å². The molecule has 9 heteroatoms. The Morgan fingerprint density at radius 3 is 2.41 bits per heavy atom. The van der Waals surface area contributed by atoms with Crippen molar-refractivity contribution in [3.05, 3.63) is 67.2 Å². The molecule has 0 saturated carbocycles. The number of amides is 2. The minimum atomic E-state index is -0.346. The molecule has 3 rings (SSSR count). The molecule has 0 bridgehead atoms. The van der Waals surface area contributed by atoms with Gasteiger partial charge in [-0.3, -0.25) is 9.59 Å². The van der Waals surface area contributed by atoms with Crippen molar-refractivity contribution in [3.8, 4) is 11.5 Å². The number of anilines is 2. The molecule has 1 heterocycles. The maximum atomic E-state index is 12.8. The molecule has 0 aliphatic carbocycles. The Morgan fingerprint density at radius 1 is 0.966 bits per heavy atom. The van der Waals surface area contributed by atoms with E-state index in [1.54, 1.807) is 36.4 Å². The molecule has 0 saturated heterocycles. The molecule has 6 nitrogen and oxygen atoms in total. The van der Waals surface area contributed by atoms with Gasteiger partial charge in [-0.1, -0.05) is 22.0 Å². The third kappa shape index (κ3) is 4.98. The minimum absolute atomic E-state index is 0.223. The molecule has 0 aliphatic heterocycles. The number of methoxy groups -OCH3 is 2. The lowest BCUT2D eigenvalue weighted by molar-refractivity contribution is 0.101. The predicted molar refractivity (Wildman–Crippen MR) is 122 cm³/mol. The number of carbonyl (C=O) groups is 2. The zero-order valence-electron chi connectivity index (χ0n) is 15.4. The van der Waals surface area contributed by atoms with E-state index >= 15 is 0 Å². The summed E-state index contributed by atoms with van der Waals surface area (Å²) in [7, 11) is 3.00. The second-order valence-corrected chi connectivity index (χ2v) is 8.49. The van der Waals surface area contributed by atoms with Gasteiger partial charge in [0.25, 0.3) is 11.8 Å². The summed E-state index contributed by atoms with van der Waals surface area (Å²) >= 11 is 8.11. The molecular weight excluding hydrogens is 524 g/mol. The van der Waals surface area contributed by atoms with Crippen molar-refractivity contribution in [1.29, 1.82) is 0 Å². The highest BCUT2D eigenvalue weighted by molar-refractivity contribution is 9.11. The summed E-state index contributed by atoms with van der Waals surface area (Å²) in [6.07, 6.45) is 0. The third-order valence-electron chi connectivity index (χ3n) is 3.91. The van der Waals surface area contributed by atoms with E-state index < -0.39 is 0 Å². The first kappa shape index (κ1) is 21.4. The van der Waals surface area contributed by atoms with Crippen molar-refractivity contribution in [1.82, 2.24) is 0 Å². The molecule has 29 heavy (non-hydrogen) atoms. The van der Waals surface area contributed by atoms with Crippen molar-refractivity contribution in [2.24, 2.45) is 0 Å². The fourth-order valence-corrected chi connectivity index (χ4v) is 4.60. The molecule has 150 valence electrons. The van der Waals surface area contributed by atoms with Gasteiger partial charge in [0.15, 0.2) is 0 Å². The van der Waals surface area contributed by atoms with Crippen LogP contribution in [0.4, 0.5) is 11.4 Å². The highest BCUT2D eigenvalue weighted by Crippen LogP contribution is 2.34. The first-order chi connectivity index (χ1) is 13.9. The van der Waals surface area contributed by atoms with Crippen molar-refractivity contribution >= 4 is 66.4 Å². The number of halogens is 2. The lowest BCUT2D eigenvalue weighted by Crippen LogP contribution is -2.14. The largest absolute Gasteiger partial charge is 0.495 e. The average molecular weight is 540 g/mol. The second-order valence-electron chi connectivity index (χ2n) is 5.77. The molecule has 1 aromatic heterocycles. The average Bonchev–Trinajstić information content (AvgIpc) is 3.23. The predicted octanol–water partition coefficient (Wildman–Crippen LogP) is 5.79. The zero-order chi connectivity index (χ0) is 21.0. The van der Waals surface area contributed by atoms with Crippen LogP contribution in [-0.2, 0) is 0 Å².